The third kappa shape index (κ3) is 3.14. The molecule has 0 saturated carbocycles. The van der Waals surface area contributed by atoms with Crippen molar-refractivity contribution >= 4 is 23.3 Å². The van der Waals surface area contributed by atoms with Crippen LogP contribution in [0.4, 0.5) is 0 Å². The van der Waals surface area contributed by atoms with Crippen LogP contribution in [-0.2, 0) is 9.59 Å². The van der Waals surface area contributed by atoms with E-state index < -0.39 is 17.9 Å². The van der Waals surface area contributed by atoms with Gasteiger partial charge in [-0.05, 0) is 0 Å². The monoisotopic (exact) mass is 215 g/mol. The first-order valence-corrected chi connectivity index (χ1v) is 4.85. The highest BCUT2D eigenvalue weighted by Gasteiger charge is 2.20. The Hall–Kier alpha value is -1.43. The van der Waals surface area contributed by atoms with E-state index >= 15 is 0 Å². The number of rotatable bonds is 5. The average Bonchev–Trinajstić information content (AvgIpc) is 2.52. The standard InChI is InChI=1S/C8H9NO4S/c10-7(11)1-5(2-8(12)13)6-3-14-4-9-6/h3-5H,1-2H2,(H,10,11)(H,12,13). The van der Waals surface area contributed by atoms with Crippen LogP contribution >= 0.6 is 11.3 Å². The Morgan fingerprint density at radius 2 is 1.93 bits per heavy atom. The molecule has 1 aromatic heterocycles. The van der Waals surface area contributed by atoms with Crippen molar-refractivity contribution in [3.05, 3.63) is 16.6 Å². The summed E-state index contributed by atoms with van der Waals surface area (Å²) in [4.78, 5) is 24.9. The van der Waals surface area contributed by atoms with Crippen LogP contribution in [0.5, 0.6) is 0 Å². The van der Waals surface area contributed by atoms with Crippen LogP contribution in [0.15, 0.2) is 10.9 Å². The second-order valence-electron chi connectivity index (χ2n) is 2.81. The number of hydrogen-bond donors (Lipinski definition) is 2. The molecule has 0 atom stereocenters. The summed E-state index contributed by atoms with van der Waals surface area (Å²) in [6.45, 7) is 0. The minimum absolute atomic E-state index is 0.198. The molecule has 0 unspecified atom stereocenters. The van der Waals surface area contributed by atoms with E-state index in [0.717, 1.165) is 0 Å². The number of carboxylic acids is 2. The molecule has 0 bridgehead atoms. The number of thiazole rings is 1. The van der Waals surface area contributed by atoms with E-state index in [2.05, 4.69) is 4.98 Å². The Morgan fingerprint density at radius 3 is 2.29 bits per heavy atom. The molecule has 14 heavy (non-hydrogen) atoms. The van der Waals surface area contributed by atoms with E-state index in [4.69, 9.17) is 10.2 Å². The molecule has 0 spiro atoms. The molecule has 1 aromatic rings. The van der Waals surface area contributed by atoms with Gasteiger partial charge in [0.1, 0.15) is 0 Å². The van der Waals surface area contributed by atoms with Gasteiger partial charge in [-0.15, -0.1) is 11.3 Å². The Morgan fingerprint density at radius 1 is 1.36 bits per heavy atom. The van der Waals surface area contributed by atoms with Gasteiger partial charge in [0, 0.05) is 11.3 Å². The predicted molar refractivity (Wildman–Crippen MR) is 49.4 cm³/mol. The molecule has 5 nitrogen and oxygen atoms in total. The molecule has 0 amide bonds. The predicted octanol–water partition coefficient (Wildman–Crippen LogP) is 1.18. The molecule has 0 aromatic carbocycles. The molecular formula is C8H9NO4S. The Bertz CT molecular complexity index is 306. The zero-order valence-corrected chi connectivity index (χ0v) is 8.03. The third-order valence-electron chi connectivity index (χ3n) is 1.71. The lowest BCUT2D eigenvalue weighted by Gasteiger charge is -2.08. The summed E-state index contributed by atoms with van der Waals surface area (Å²) in [6.07, 6.45) is -0.397. The Kier molecular flexibility index (Phi) is 3.58. The van der Waals surface area contributed by atoms with Crippen LogP contribution in [0.25, 0.3) is 0 Å². The second-order valence-corrected chi connectivity index (χ2v) is 3.52. The van der Waals surface area contributed by atoms with Crippen molar-refractivity contribution < 1.29 is 19.8 Å². The number of hydrogen-bond acceptors (Lipinski definition) is 4. The fourth-order valence-electron chi connectivity index (χ4n) is 1.13. The highest BCUT2D eigenvalue weighted by atomic mass is 32.1. The highest BCUT2D eigenvalue weighted by Crippen LogP contribution is 2.23. The van der Waals surface area contributed by atoms with E-state index in [-0.39, 0.29) is 12.8 Å². The van der Waals surface area contributed by atoms with Crippen LogP contribution in [0.3, 0.4) is 0 Å². The number of carbonyl (C=O) groups is 2. The Labute approximate surface area is 84.0 Å². The van der Waals surface area contributed by atoms with Crippen LogP contribution in [0.1, 0.15) is 24.5 Å². The summed E-state index contributed by atoms with van der Waals surface area (Å²) >= 11 is 1.33. The molecule has 0 aliphatic rings. The van der Waals surface area contributed by atoms with Crippen molar-refractivity contribution in [2.24, 2.45) is 0 Å². The zero-order chi connectivity index (χ0) is 10.6. The molecule has 76 valence electrons. The summed E-state index contributed by atoms with van der Waals surface area (Å²) in [6, 6.07) is 0. The van der Waals surface area contributed by atoms with Gasteiger partial charge in [0.05, 0.1) is 24.0 Å². The van der Waals surface area contributed by atoms with Gasteiger partial charge in [-0.25, -0.2) is 4.98 Å². The number of aromatic nitrogens is 1. The second kappa shape index (κ2) is 4.71. The first-order valence-electron chi connectivity index (χ1n) is 3.91. The van der Waals surface area contributed by atoms with Crippen molar-refractivity contribution in [3.8, 4) is 0 Å². The molecule has 1 heterocycles. The molecule has 2 N–H and O–H groups in total. The van der Waals surface area contributed by atoms with Crippen LogP contribution in [0, 0.1) is 0 Å². The molecule has 0 aliphatic heterocycles. The topological polar surface area (TPSA) is 87.5 Å². The quantitative estimate of drug-likeness (QED) is 0.769. The minimum atomic E-state index is -1.01. The zero-order valence-electron chi connectivity index (χ0n) is 7.21. The van der Waals surface area contributed by atoms with Crippen molar-refractivity contribution in [1.29, 1.82) is 0 Å². The third-order valence-corrected chi connectivity index (χ3v) is 2.32. The summed E-state index contributed by atoms with van der Waals surface area (Å²) in [5.74, 6) is -2.55. The summed E-state index contributed by atoms with van der Waals surface area (Å²) in [5.41, 5.74) is 2.10. The maximum absolute atomic E-state index is 10.5. The fraction of sp³-hybridized carbons (Fsp3) is 0.375. The number of carboxylic acid groups (broad SMARTS) is 2. The molecule has 6 heteroatoms. The van der Waals surface area contributed by atoms with Gasteiger partial charge in [-0.1, -0.05) is 0 Å². The first-order chi connectivity index (χ1) is 6.59. The lowest BCUT2D eigenvalue weighted by Crippen LogP contribution is -2.11. The van der Waals surface area contributed by atoms with Crippen molar-refractivity contribution in [2.75, 3.05) is 0 Å². The van der Waals surface area contributed by atoms with Crippen molar-refractivity contribution in [3.63, 3.8) is 0 Å². The van der Waals surface area contributed by atoms with E-state index in [0.29, 0.717) is 5.69 Å². The lowest BCUT2D eigenvalue weighted by molar-refractivity contribution is -0.139. The van der Waals surface area contributed by atoms with E-state index in [1.165, 1.54) is 11.3 Å². The van der Waals surface area contributed by atoms with E-state index in [9.17, 15) is 9.59 Å². The minimum Gasteiger partial charge on any atom is -0.481 e. The lowest BCUT2D eigenvalue weighted by atomic mass is 9.99. The largest absolute Gasteiger partial charge is 0.481 e. The number of aliphatic carboxylic acids is 2. The molecule has 0 radical (unpaired) electrons. The SMILES string of the molecule is O=C(O)CC(CC(=O)O)c1cscn1. The van der Waals surface area contributed by atoms with Gasteiger partial charge in [0.15, 0.2) is 0 Å². The molecule has 1 rings (SSSR count). The highest BCUT2D eigenvalue weighted by molar-refractivity contribution is 7.07. The maximum atomic E-state index is 10.5. The molecule has 0 aliphatic carbocycles. The fourth-order valence-corrected chi connectivity index (χ4v) is 1.76. The normalized spacial score (nSPS) is 10.4. The summed E-state index contributed by atoms with van der Waals surface area (Å²) < 4.78 is 0. The number of nitrogens with zero attached hydrogens (tertiary/aromatic N) is 1. The van der Waals surface area contributed by atoms with Crippen LogP contribution < -0.4 is 0 Å². The summed E-state index contributed by atoms with van der Waals surface area (Å²) in [7, 11) is 0. The summed E-state index contributed by atoms with van der Waals surface area (Å²) in [5, 5.41) is 18.8. The Balaban J connectivity index is 2.71. The van der Waals surface area contributed by atoms with Crippen LogP contribution in [-0.4, -0.2) is 27.1 Å². The van der Waals surface area contributed by atoms with Gasteiger partial charge in [-0.2, -0.15) is 0 Å². The first kappa shape index (κ1) is 10.6. The van der Waals surface area contributed by atoms with Crippen LogP contribution in [0.2, 0.25) is 0 Å². The van der Waals surface area contributed by atoms with Gasteiger partial charge in [-0.3, -0.25) is 9.59 Å². The molecular weight excluding hydrogens is 206 g/mol. The van der Waals surface area contributed by atoms with Gasteiger partial charge in [0.2, 0.25) is 0 Å². The smallest absolute Gasteiger partial charge is 0.304 e. The van der Waals surface area contributed by atoms with E-state index in [1.807, 2.05) is 0 Å². The maximum Gasteiger partial charge on any atom is 0.304 e. The van der Waals surface area contributed by atoms with Crippen molar-refractivity contribution in [2.45, 2.75) is 18.8 Å². The van der Waals surface area contributed by atoms with Crippen molar-refractivity contribution in [1.82, 2.24) is 4.98 Å². The average molecular weight is 215 g/mol. The van der Waals surface area contributed by atoms with Gasteiger partial charge in [0.25, 0.3) is 0 Å². The van der Waals surface area contributed by atoms with E-state index in [1.54, 1.807) is 10.9 Å². The van der Waals surface area contributed by atoms with Gasteiger partial charge >= 0.3 is 11.9 Å². The molecule has 0 fully saturated rings. The molecule has 0 saturated heterocycles. The van der Waals surface area contributed by atoms with Gasteiger partial charge < -0.3 is 10.2 Å².